The summed E-state index contributed by atoms with van der Waals surface area (Å²) >= 11 is 0. The molecule has 1 fully saturated rings. The average Bonchev–Trinajstić information content (AvgIpc) is 3.35. The van der Waals surface area contributed by atoms with Gasteiger partial charge in [0, 0.05) is 13.1 Å². The van der Waals surface area contributed by atoms with Gasteiger partial charge >= 0.3 is 0 Å². The number of hydrogen-bond acceptors (Lipinski definition) is 5. The summed E-state index contributed by atoms with van der Waals surface area (Å²) in [5.41, 5.74) is 2.81. The summed E-state index contributed by atoms with van der Waals surface area (Å²) in [7, 11) is 0. The maximum absolute atomic E-state index is 12.7. The van der Waals surface area contributed by atoms with Crippen molar-refractivity contribution >= 4 is 11.8 Å². The van der Waals surface area contributed by atoms with Crippen LogP contribution in [0.3, 0.4) is 0 Å². The Balaban J connectivity index is 1.33. The van der Waals surface area contributed by atoms with Gasteiger partial charge in [-0.3, -0.25) is 9.59 Å². The molecule has 8 heteroatoms. The zero-order valence-corrected chi connectivity index (χ0v) is 19.8. The fourth-order valence-corrected chi connectivity index (χ4v) is 4.14. The van der Waals surface area contributed by atoms with Gasteiger partial charge in [0.05, 0.1) is 12.2 Å². The normalized spacial score (nSPS) is 17.8. The van der Waals surface area contributed by atoms with Crippen LogP contribution in [0.2, 0.25) is 0 Å². The Kier molecular flexibility index (Phi) is 7.25. The lowest BCUT2D eigenvalue weighted by Gasteiger charge is -2.31. The van der Waals surface area contributed by atoms with E-state index in [1.54, 1.807) is 17.8 Å². The van der Waals surface area contributed by atoms with Crippen LogP contribution in [0.4, 0.5) is 0 Å². The summed E-state index contributed by atoms with van der Waals surface area (Å²) in [6.45, 7) is 7.01. The van der Waals surface area contributed by atoms with Gasteiger partial charge in [-0.1, -0.05) is 47.7 Å². The van der Waals surface area contributed by atoms with Gasteiger partial charge in [0.2, 0.25) is 5.91 Å². The van der Waals surface area contributed by atoms with E-state index in [1.807, 2.05) is 73.3 Å². The first-order valence-corrected chi connectivity index (χ1v) is 11.8. The molecular formula is C26H31N5O3. The van der Waals surface area contributed by atoms with Gasteiger partial charge in [0.25, 0.3) is 5.91 Å². The molecule has 34 heavy (non-hydrogen) atoms. The molecule has 3 aromatic rings. The first kappa shape index (κ1) is 23.5. The first-order chi connectivity index (χ1) is 16.5. The summed E-state index contributed by atoms with van der Waals surface area (Å²) in [6, 6.07) is 17.1. The van der Waals surface area contributed by atoms with E-state index in [0.29, 0.717) is 18.0 Å². The Bertz CT molecular complexity index is 1110. The Morgan fingerprint density at radius 1 is 1.12 bits per heavy atom. The molecule has 178 valence electrons. The predicted octanol–water partition coefficient (Wildman–Crippen LogP) is 3.77. The van der Waals surface area contributed by atoms with Crippen molar-refractivity contribution in [2.75, 3.05) is 13.1 Å². The highest BCUT2D eigenvalue weighted by Gasteiger charge is 2.30. The van der Waals surface area contributed by atoms with E-state index in [0.717, 1.165) is 30.5 Å². The SMILES string of the molecule is CCN1CCCC(n2cc(C(C)NC(=O)[C@H](C)Oc3ccc(-c4ccccc4)cc3)nn2)C1=O. The van der Waals surface area contributed by atoms with Crippen LogP contribution in [0.1, 0.15) is 51.4 Å². The lowest BCUT2D eigenvalue weighted by Crippen LogP contribution is -2.42. The third kappa shape index (κ3) is 5.27. The molecule has 0 radical (unpaired) electrons. The van der Waals surface area contributed by atoms with Gasteiger partial charge in [-0.15, -0.1) is 5.10 Å². The van der Waals surface area contributed by atoms with Crippen LogP contribution >= 0.6 is 0 Å². The molecule has 2 unspecified atom stereocenters. The second-order valence-corrected chi connectivity index (χ2v) is 8.58. The van der Waals surface area contributed by atoms with Crippen molar-refractivity contribution in [3.05, 3.63) is 66.5 Å². The van der Waals surface area contributed by atoms with Crippen molar-refractivity contribution < 1.29 is 14.3 Å². The van der Waals surface area contributed by atoms with Crippen molar-refractivity contribution in [3.8, 4) is 16.9 Å². The summed E-state index contributed by atoms with van der Waals surface area (Å²) in [5.74, 6) is 0.444. The van der Waals surface area contributed by atoms with Gasteiger partial charge in [0.15, 0.2) is 6.10 Å². The van der Waals surface area contributed by atoms with Crippen LogP contribution in [0.5, 0.6) is 5.75 Å². The number of nitrogens with one attached hydrogen (secondary N) is 1. The number of amides is 2. The Labute approximate surface area is 199 Å². The zero-order valence-electron chi connectivity index (χ0n) is 19.8. The molecule has 2 heterocycles. The molecule has 8 nitrogen and oxygen atoms in total. The predicted molar refractivity (Wildman–Crippen MR) is 129 cm³/mol. The van der Waals surface area contributed by atoms with E-state index in [-0.39, 0.29) is 23.9 Å². The number of carbonyl (C=O) groups is 2. The van der Waals surface area contributed by atoms with E-state index in [9.17, 15) is 9.59 Å². The molecule has 1 aliphatic heterocycles. The molecule has 0 saturated carbocycles. The summed E-state index contributed by atoms with van der Waals surface area (Å²) in [4.78, 5) is 27.2. The summed E-state index contributed by atoms with van der Waals surface area (Å²) < 4.78 is 7.46. The highest BCUT2D eigenvalue weighted by Crippen LogP contribution is 2.24. The standard InChI is InChI=1S/C26H31N5O3/c1-4-30-16-8-11-24(26(30)33)31-17-23(28-29-31)18(2)27-25(32)19(3)34-22-14-12-21(13-15-22)20-9-6-5-7-10-20/h5-7,9-10,12-15,17-19,24H,4,8,11,16H2,1-3H3,(H,27,32)/t18?,19-,24?/m0/s1. The minimum Gasteiger partial charge on any atom is -0.481 e. The Morgan fingerprint density at radius 2 is 1.82 bits per heavy atom. The van der Waals surface area contributed by atoms with E-state index >= 15 is 0 Å². The molecule has 3 atom stereocenters. The molecule has 2 amide bonds. The van der Waals surface area contributed by atoms with Crippen molar-refractivity contribution in [1.29, 1.82) is 0 Å². The maximum atomic E-state index is 12.7. The number of benzene rings is 2. The second-order valence-electron chi connectivity index (χ2n) is 8.58. The van der Waals surface area contributed by atoms with E-state index in [1.165, 1.54) is 0 Å². The van der Waals surface area contributed by atoms with Crippen molar-refractivity contribution in [3.63, 3.8) is 0 Å². The number of ether oxygens (including phenoxy) is 1. The Morgan fingerprint density at radius 3 is 2.53 bits per heavy atom. The molecule has 1 aliphatic rings. The van der Waals surface area contributed by atoms with Gasteiger partial charge in [0.1, 0.15) is 17.5 Å². The maximum Gasteiger partial charge on any atom is 0.261 e. The number of rotatable bonds is 8. The van der Waals surface area contributed by atoms with Crippen LogP contribution in [-0.2, 0) is 9.59 Å². The average molecular weight is 462 g/mol. The van der Waals surface area contributed by atoms with Crippen molar-refractivity contribution in [1.82, 2.24) is 25.2 Å². The van der Waals surface area contributed by atoms with Crippen LogP contribution in [0.15, 0.2) is 60.8 Å². The fourth-order valence-electron chi connectivity index (χ4n) is 4.14. The minimum absolute atomic E-state index is 0.0715. The smallest absolute Gasteiger partial charge is 0.261 e. The number of likely N-dealkylation sites (tertiary alicyclic amines) is 1. The monoisotopic (exact) mass is 461 g/mol. The first-order valence-electron chi connectivity index (χ1n) is 11.8. The Hall–Kier alpha value is -3.68. The van der Waals surface area contributed by atoms with Crippen molar-refractivity contribution in [2.45, 2.75) is 51.8 Å². The van der Waals surface area contributed by atoms with Crippen LogP contribution in [-0.4, -0.2) is 50.9 Å². The minimum atomic E-state index is -0.682. The van der Waals surface area contributed by atoms with E-state index in [4.69, 9.17) is 4.74 Å². The van der Waals surface area contributed by atoms with E-state index in [2.05, 4.69) is 15.6 Å². The number of hydrogen-bond donors (Lipinski definition) is 1. The molecule has 0 aliphatic carbocycles. The van der Waals surface area contributed by atoms with Crippen LogP contribution < -0.4 is 10.1 Å². The van der Waals surface area contributed by atoms with Crippen LogP contribution in [0, 0.1) is 0 Å². The number of carbonyl (C=O) groups excluding carboxylic acids is 2. The zero-order chi connectivity index (χ0) is 24.1. The molecule has 2 aromatic carbocycles. The van der Waals surface area contributed by atoms with Gasteiger partial charge in [-0.25, -0.2) is 4.68 Å². The molecule has 0 bridgehead atoms. The molecule has 0 spiro atoms. The van der Waals surface area contributed by atoms with Crippen LogP contribution in [0.25, 0.3) is 11.1 Å². The summed E-state index contributed by atoms with van der Waals surface area (Å²) in [6.07, 6.45) is 2.75. The second kappa shape index (κ2) is 10.5. The van der Waals surface area contributed by atoms with Gasteiger partial charge in [-0.05, 0) is 56.9 Å². The highest BCUT2D eigenvalue weighted by molar-refractivity contribution is 5.81. The number of nitrogens with zero attached hydrogens (tertiary/aromatic N) is 4. The number of aromatic nitrogens is 3. The third-order valence-electron chi connectivity index (χ3n) is 6.18. The number of likely N-dealkylation sites (N-methyl/N-ethyl adjacent to an activating group) is 1. The van der Waals surface area contributed by atoms with E-state index < -0.39 is 6.10 Å². The molecule has 1 aromatic heterocycles. The third-order valence-corrected chi connectivity index (χ3v) is 6.18. The number of piperidine rings is 1. The van der Waals surface area contributed by atoms with Gasteiger partial charge in [-0.2, -0.15) is 0 Å². The van der Waals surface area contributed by atoms with Crippen molar-refractivity contribution in [2.24, 2.45) is 0 Å². The summed E-state index contributed by atoms with van der Waals surface area (Å²) in [5, 5.41) is 11.3. The molecule has 4 rings (SSSR count). The highest BCUT2D eigenvalue weighted by atomic mass is 16.5. The molecular weight excluding hydrogens is 430 g/mol. The van der Waals surface area contributed by atoms with Gasteiger partial charge < -0.3 is 15.0 Å². The molecule has 1 N–H and O–H groups in total. The topological polar surface area (TPSA) is 89.3 Å². The lowest BCUT2D eigenvalue weighted by molar-refractivity contribution is -0.137. The largest absolute Gasteiger partial charge is 0.481 e. The molecule has 1 saturated heterocycles. The lowest BCUT2D eigenvalue weighted by atomic mass is 10.1. The quantitative estimate of drug-likeness (QED) is 0.552. The fraction of sp³-hybridized carbons (Fsp3) is 0.385.